The maximum absolute atomic E-state index is 12.6. The number of hydrogen-bond donors (Lipinski definition) is 1. The number of carbonyl (C=O) groups is 2. The number of hydrogen-bond acceptors (Lipinski definition) is 10. The molecule has 0 unspecified atom stereocenters. The summed E-state index contributed by atoms with van der Waals surface area (Å²) in [6.45, 7) is 4.11. The van der Waals surface area contributed by atoms with Gasteiger partial charge in [-0.05, 0) is 30.2 Å². The molecule has 10 nitrogen and oxygen atoms in total. The highest BCUT2D eigenvalue weighted by Crippen LogP contribution is 2.34. The summed E-state index contributed by atoms with van der Waals surface area (Å²) >= 11 is 1.13. The Bertz CT molecular complexity index is 1150. The van der Waals surface area contributed by atoms with Gasteiger partial charge < -0.3 is 24.1 Å². The number of esters is 1. The number of carbonyl (C=O) groups excluding carboxylic acids is 2. The van der Waals surface area contributed by atoms with Gasteiger partial charge in [-0.1, -0.05) is 30.8 Å². The highest BCUT2D eigenvalue weighted by Gasteiger charge is 2.18. The predicted molar refractivity (Wildman–Crippen MR) is 118 cm³/mol. The largest absolute Gasteiger partial charge is 0.454 e. The van der Waals surface area contributed by atoms with Crippen LogP contribution in [0.2, 0.25) is 0 Å². The van der Waals surface area contributed by atoms with Gasteiger partial charge >= 0.3 is 5.97 Å². The van der Waals surface area contributed by atoms with Crippen LogP contribution in [-0.4, -0.2) is 39.5 Å². The maximum atomic E-state index is 12.6. The van der Waals surface area contributed by atoms with Gasteiger partial charge in [-0.15, -0.1) is 0 Å². The van der Waals surface area contributed by atoms with Gasteiger partial charge in [0.15, 0.2) is 23.9 Å². The molecule has 0 spiro atoms. The smallest absolute Gasteiger partial charge is 0.341 e. The summed E-state index contributed by atoms with van der Waals surface area (Å²) in [5.74, 6) is 1.59. The summed E-state index contributed by atoms with van der Waals surface area (Å²) < 4.78 is 21.0. The topological polar surface area (TPSA) is 126 Å². The number of aromatic nitrogens is 3. The lowest BCUT2D eigenvalue weighted by atomic mass is 10.1. The number of benzene rings is 1. The van der Waals surface area contributed by atoms with Crippen molar-refractivity contribution in [2.75, 3.05) is 17.9 Å². The molecular formula is C22H22N4O6S. The van der Waals surface area contributed by atoms with Gasteiger partial charge in [-0.2, -0.15) is 4.98 Å². The van der Waals surface area contributed by atoms with Crippen molar-refractivity contribution in [1.82, 2.24) is 15.1 Å². The summed E-state index contributed by atoms with van der Waals surface area (Å²) in [5.41, 5.74) is 0.835. The molecule has 0 fully saturated rings. The second-order valence-corrected chi connectivity index (χ2v) is 8.50. The van der Waals surface area contributed by atoms with Crippen LogP contribution >= 0.6 is 11.8 Å². The van der Waals surface area contributed by atoms with E-state index in [0.29, 0.717) is 40.4 Å². The molecule has 1 amide bonds. The monoisotopic (exact) mass is 470 g/mol. The van der Waals surface area contributed by atoms with E-state index in [9.17, 15) is 9.59 Å². The van der Waals surface area contributed by atoms with Crippen molar-refractivity contribution in [3.05, 3.63) is 53.8 Å². The van der Waals surface area contributed by atoms with Crippen LogP contribution in [0.25, 0.3) is 0 Å². The lowest BCUT2D eigenvalue weighted by Gasteiger charge is -2.08. The first-order valence-corrected chi connectivity index (χ1v) is 11.2. The van der Waals surface area contributed by atoms with Gasteiger partial charge in [-0.3, -0.25) is 4.79 Å². The van der Waals surface area contributed by atoms with Crippen LogP contribution in [0.1, 0.15) is 35.9 Å². The van der Waals surface area contributed by atoms with Crippen molar-refractivity contribution in [3.63, 3.8) is 0 Å². The first-order chi connectivity index (χ1) is 16.0. The van der Waals surface area contributed by atoms with E-state index >= 15 is 0 Å². The summed E-state index contributed by atoms with van der Waals surface area (Å²) in [6.07, 6.45) is 2.22. The van der Waals surface area contributed by atoms with Crippen molar-refractivity contribution < 1.29 is 28.3 Å². The molecule has 1 aromatic carbocycles. The number of nitrogens with zero attached hydrogens (tertiary/aromatic N) is 3. The highest BCUT2D eigenvalue weighted by molar-refractivity contribution is 8.00. The second kappa shape index (κ2) is 10.3. The lowest BCUT2D eigenvalue weighted by molar-refractivity contribution is -0.113. The van der Waals surface area contributed by atoms with Crippen molar-refractivity contribution in [2.45, 2.75) is 31.9 Å². The molecule has 1 aliphatic rings. The first-order valence-electron chi connectivity index (χ1n) is 10.2. The van der Waals surface area contributed by atoms with Crippen LogP contribution in [0, 0.1) is 5.92 Å². The maximum Gasteiger partial charge on any atom is 0.341 e. The van der Waals surface area contributed by atoms with Crippen LogP contribution < -0.4 is 14.8 Å². The Labute approximate surface area is 194 Å². The number of ether oxygens (including phenoxy) is 3. The van der Waals surface area contributed by atoms with Crippen molar-refractivity contribution in [3.8, 4) is 11.5 Å². The van der Waals surface area contributed by atoms with Gasteiger partial charge in [0.05, 0.1) is 11.3 Å². The number of amides is 1. The van der Waals surface area contributed by atoms with Crippen LogP contribution in [0.4, 0.5) is 5.69 Å². The Morgan fingerprint density at radius 1 is 1.21 bits per heavy atom. The van der Waals surface area contributed by atoms with E-state index in [2.05, 4.69) is 20.4 Å². The van der Waals surface area contributed by atoms with Crippen LogP contribution in [0.5, 0.6) is 11.5 Å². The quantitative estimate of drug-likeness (QED) is 0.367. The molecule has 2 aromatic heterocycles. The van der Waals surface area contributed by atoms with E-state index in [1.165, 1.54) is 0 Å². The van der Waals surface area contributed by atoms with Crippen molar-refractivity contribution >= 4 is 29.3 Å². The molecule has 4 rings (SSSR count). The fourth-order valence-corrected chi connectivity index (χ4v) is 3.75. The summed E-state index contributed by atoms with van der Waals surface area (Å²) in [7, 11) is 0. The van der Waals surface area contributed by atoms with Gasteiger partial charge in [0.2, 0.25) is 12.7 Å². The van der Waals surface area contributed by atoms with E-state index in [-0.39, 0.29) is 36.5 Å². The Balaban J connectivity index is 1.31. The molecule has 0 aliphatic carbocycles. The first kappa shape index (κ1) is 22.6. The molecule has 0 saturated heterocycles. The van der Waals surface area contributed by atoms with E-state index in [4.69, 9.17) is 18.7 Å². The van der Waals surface area contributed by atoms with E-state index in [1.54, 1.807) is 36.5 Å². The fraction of sp³-hybridized carbons (Fsp3) is 0.318. The Morgan fingerprint density at radius 3 is 2.91 bits per heavy atom. The van der Waals surface area contributed by atoms with Crippen molar-refractivity contribution in [1.29, 1.82) is 0 Å². The Kier molecular flexibility index (Phi) is 7.08. The summed E-state index contributed by atoms with van der Waals surface area (Å²) in [4.78, 5) is 33.4. The SMILES string of the molecule is CC(C)Cc1noc(COC(=O)c2cccnc2SCC(=O)Nc2ccc3c(c2)OCO3)n1. The minimum Gasteiger partial charge on any atom is -0.454 e. The third-order valence-corrected chi connectivity index (χ3v) is 5.42. The number of nitrogens with one attached hydrogen (secondary N) is 1. The molecule has 33 heavy (non-hydrogen) atoms. The van der Waals surface area contributed by atoms with Gasteiger partial charge in [0.1, 0.15) is 5.03 Å². The van der Waals surface area contributed by atoms with E-state index < -0.39 is 5.97 Å². The van der Waals surface area contributed by atoms with Crippen LogP contribution in [0.15, 0.2) is 46.1 Å². The van der Waals surface area contributed by atoms with Crippen LogP contribution in [0.3, 0.4) is 0 Å². The molecule has 1 aliphatic heterocycles. The Hall–Kier alpha value is -3.60. The normalized spacial score (nSPS) is 12.1. The van der Waals surface area contributed by atoms with Gasteiger partial charge in [0, 0.05) is 24.4 Å². The lowest BCUT2D eigenvalue weighted by Crippen LogP contribution is -2.15. The molecule has 172 valence electrons. The predicted octanol–water partition coefficient (Wildman–Crippen LogP) is 3.48. The zero-order chi connectivity index (χ0) is 23.2. The standard InChI is InChI=1S/C22H22N4O6S/c1-13(2)8-18-25-20(32-26-18)10-29-22(28)15-4-3-7-23-21(15)33-11-19(27)24-14-5-6-16-17(9-14)31-12-30-16/h3-7,9,13H,8,10-12H2,1-2H3,(H,24,27). The minimum atomic E-state index is -0.592. The molecular weight excluding hydrogens is 448 g/mol. The number of rotatable bonds is 9. The molecule has 0 radical (unpaired) electrons. The third kappa shape index (κ3) is 6.01. The van der Waals surface area contributed by atoms with Gasteiger partial charge in [0.25, 0.3) is 5.89 Å². The fourth-order valence-electron chi connectivity index (χ4n) is 2.97. The average Bonchev–Trinajstić information content (AvgIpc) is 3.44. The zero-order valence-electron chi connectivity index (χ0n) is 18.1. The third-order valence-electron chi connectivity index (χ3n) is 4.42. The number of anilines is 1. The number of thioether (sulfide) groups is 1. The number of fused-ring (bicyclic) bond motifs is 1. The zero-order valence-corrected chi connectivity index (χ0v) is 18.9. The average molecular weight is 471 g/mol. The van der Waals surface area contributed by atoms with E-state index in [0.717, 1.165) is 11.8 Å². The highest BCUT2D eigenvalue weighted by atomic mass is 32.2. The number of pyridine rings is 1. The second-order valence-electron chi connectivity index (χ2n) is 7.54. The van der Waals surface area contributed by atoms with Crippen LogP contribution in [-0.2, 0) is 22.6 Å². The minimum absolute atomic E-state index is 0.0496. The molecule has 1 N–H and O–H groups in total. The van der Waals surface area contributed by atoms with Crippen molar-refractivity contribution in [2.24, 2.45) is 5.92 Å². The molecule has 0 saturated carbocycles. The van der Waals surface area contributed by atoms with E-state index in [1.807, 2.05) is 13.8 Å². The molecule has 3 aromatic rings. The summed E-state index contributed by atoms with van der Waals surface area (Å²) in [6, 6.07) is 8.36. The molecule has 0 bridgehead atoms. The Morgan fingerprint density at radius 2 is 2.06 bits per heavy atom. The molecule has 3 heterocycles. The van der Waals surface area contributed by atoms with Gasteiger partial charge in [-0.25, -0.2) is 9.78 Å². The summed E-state index contributed by atoms with van der Waals surface area (Å²) in [5, 5.41) is 7.04. The molecule has 11 heteroatoms. The molecule has 0 atom stereocenters.